The van der Waals surface area contributed by atoms with Gasteiger partial charge in [-0.1, -0.05) is 42.5 Å². The van der Waals surface area contributed by atoms with Crippen LogP contribution >= 0.6 is 0 Å². The third-order valence-corrected chi connectivity index (χ3v) is 3.19. The maximum atomic E-state index is 12.1. The van der Waals surface area contributed by atoms with Crippen LogP contribution in [0.15, 0.2) is 42.5 Å². The van der Waals surface area contributed by atoms with Crippen molar-refractivity contribution in [3.8, 4) is 0 Å². The molecule has 1 aromatic rings. The van der Waals surface area contributed by atoms with Crippen molar-refractivity contribution in [2.45, 2.75) is 32.3 Å². The number of hydrogen-bond acceptors (Lipinski definition) is 3. The van der Waals surface area contributed by atoms with Crippen LogP contribution in [0.25, 0.3) is 0 Å². The van der Waals surface area contributed by atoms with Crippen molar-refractivity contribution in [2.75, 3.05) is 13.1 Å². The highest BCUT2D eigenvalue weighted by Gasteiger charge is 2.14. The molecule has 1 aromatic carbocycles. The molecule has 0 aliphatic carbocycles. The Labute approximate surface area is 120 Å². The predicted molar refractivity (Wildman–Crippen MR) is 78.9 cm³/mol. The van der Waals surface area contributed by atoms with Crippen molar-refractivity contribution in [3.63, 3.8) is 0 Å². The number of carbonyl (C=O) groups excluding carboxylic acids is 1. The van der Waals surface area contributed by atoms with E-state index in [-0.39, 0.29) is 6.09 Å². The molecule has 0 fully saturated rings. The predicted octanol–water partition coefficient (Wildman–Crippen LogP) is 3.26. The molecule has 1 aliphatic rings. The molecular formula is C16H22N2O2. The first-order valence-corrected chi connectivity index (χ1v) is 7.23. The molecule has 2 rings (SSSR count). The van der Waals surface area contributed by atoms with E-state index in [9.17, 15) is 4.79 Å². The first-order valence-electron chi connectivity index (χ1n) is 7.23. The van der Waals surface area contributed by atoms with Crippen molar-refractivity contribution in [1.82, 2.24) is 10.4 Å². The van der Waals surface area contributed by atoms with Crippen LogP contribution in [-0.4, -0.2) is 24.2 Å². The Hall–Kier alpha value is -1.81. The van der Waals surface area contributed by atoms with Crippen molar-refractivity contribution >= 4 is 6.09 Å². The number of nitrogens with zero attached hydrogens (tertiary/aromatic N) is 1. The maximum absolute atomic E-state index is 12.1. The molecule has 0 saturated heterocycles. The second-order valence-electron chi connectivity index (χ2n) is 4.86. The van der Waals surface area contributed by atoms with Gasteiger partial charge in [-0.3, -0.25) is 0 Å². The molecule has 20 heavy (non-hydrogen) atoms. The number of benzene rings is 1. The molecule has 0 bridgehead atoms. The molecule has 1 heterocycles. The third-order valence-electron chi connectivity index (χ3n) is 3.19. The summed E-state index contributed by atoms with van der Waals surface area (Å²) in [5.41, 5.74) is 4.15. The fraction of sp³-hybridized carbons (Fsp3) is 0.438. The number of carbonyl (C=O) groups is 1. The monoisotopic (exact) mass is 274 g/mol. The Balaban J connectivity index is 1.81. The third kappa shape index (κ3) is 5.05. The van der Waals surface area contributed by atoms with Gasteiger partial charge in [-0.15, -0.1) is 0 Å². The zero-order valence-corrected chi connectivity index (χ0v) is 11.8. The van der Waals surface area contributed by atoms with Crippen molar-refractivity contribution in [2.24, 2.45) is 0 Å². The van der Waals surface area contributed by atoms with Crippen LogP contribution < -0.4 is 5.43 Å². The van der Waals surface area contributed by atoms with Gasteiger partial charge in [0.15, 0.2) is 0 Å². The van der Waals surface area contributed by atoms with Crippen molar-refractivity contribution < 1.29 is 9.53 Å². The number of hydrogen-bond donors (Lipinski definition) is 1. The molecule has 0 aromatic heterocycles. The molecular weight excluding hydrogens is 252 g/mol. The van der Waals surface area contributed by atoms with E-state index in [1.54, 1.807) is 5.01 Å². The van der Waals surface area contributed by atoms with E-state index in [0.29, 0.717) is 13.2 Å². The number of nitrogens with one attached hydrogen (secondary N) is 1. The number of amides is 1. The molecule has 1 N–H and O–H groups in total. The van der Waals surface area contributed by atoms with E-state index < -0.39 is 0 Å². The van der Waals surface area contributed by atoms with E-state index in [2.05, 4.69) is 17.6 Å². The lowest BCUT2D eigenvalue weighted by Crippen LogP contribution is -2.44. The second-order valence-corrected chi connectivity index (χ2v) is 4.86. The lowest BCUT2D eigenvalue weighted by Gasteiger charge is -2.23. The number of allylic oxidation sites excluding steroid dienone is 2. The molecule has 1 aliphatic heterocycles. The second kappa shape index (κ2) is 8.38. The van der Waals surface area contributed by atoms with E-state index in [1.165, 1.54) is 0 Å². The maximum Gasteiger partial charge on any atom is 0.424 e. The number of rotatable bonds is 2. The minimum Gasteiger partial charge on any atom is -0.444 e. The summed E-state index contributed by atoms with van der Waals surface area (Å²) in [4.78, 5) is 12.1. The van der Waals surface area contributed by atoms with Crippen LogP contribution in [0.4, 0.5) is 4.79 Å². The molecule has 0 atom stereocenters. The molecule has 4 heteroatoms. The summed E-state index contributed by atoms with van der Waals surface area (Å²) >= 11 is 0. The zero-order valence-electron chi connectivity index (χ0n) is 11.8. The summed E-state index contributed by atoms with van der Waals surface area (Å²) in [6.07, 6.45) is 8.15. The summed E-state index contributed by atoms with van der Waals surface area (Å²) in [7, 11) is 0. The molecule has 4 nitrogen and oxygen atoms in total. The lowest BCUT2D eigenvalue weighted by atomic mass is 10.2. The molecule has 0 radical (unpaired) electrons. The van der Waals surface area contributed by atoms with Gasteiger partial charge in [-0.05, 0) is 31.2 Å². The van der Waals surface area contributed by atoms with Crippen LogP contribution in [0.2, 0.25) is 0 Å². The Bertz CT molecular complexity index is 431. The fourth-order valence-electron chi connectivity index (χ4n) is 2.07. The Morgan fingerprint density at radius 2 is 1.90 bits per heavy atom. The highest BCUT2D eigenvalue weighted by atomic mass is 16.6. The quantitative estimate of drug-likeness (QED) is 0.842. The smallest absolute Gasteiger partial charge is 0.424 e. The standard InChI is InChI=1S/C16H22N2O2/c19-16(20-14-15-10-6-5-7-11-15)18-13-9-4-2-1-3-8-12-17-18/h1-2,5-7,10-11,17H,3-4,8-9,12-14H2/b2-1+. The number of hydrazine groups is 1. The van der Waals surface area contributed by atoms with Crippen LogP contribution in [0.3, 0.4) is 0 Å². The lowest BCUT2D eigenvalue weighted by molar-refractivity contribution is 0.0761. The van der Waals surface area contributed by atoms with Gasteiger partial charge in [0.25, 0.3) is 0 Å². The van der Waals surface area contributed by atoms with Gasteiger partial charge in [0.2, 0.25) is 0 Å². The molecule has 0 saturated carbocycles. The van der Waals surface area contributed by atoms with Crippen LogP contribution in [0, 0.1) is 0 Å². The number of ether oxygens (including phenoxy) is 1. The van der Waals surface area contributed by atoms with E-state index in [1.807, 2.05) is 30.3 Å². The topological polar surface area (TPSA) is 41.6 Å². The SMILES string of the molecule is O=C(OCc1ccccc1)N1CCC/C=C/CCCN1. The van der Waals surface area contributed by atoms with Crippen molar-refractivity contribution in [3.05, 3.63) is 48.0 Å². The van der Waals surface area contributed by atoms with Crippen LogP contribution in [0.5, 0.6) is 0 Å². The van der Waals surface area contributed by atoms with Gasteiger partial charge in [0.05, 0.1) is 0 Å². The van der Waals surface area contributed by atoms with Gasteiger partial charge in [-0.2, -0.15) is 0 Å². The molecule has 0 spiro atoms. The molecule has 1 amide bonds. The summed E-state index contributed by atoms with van der Waals surface area (Å²) in [6.45, 7) is 1.79. The summed E-state index contributed by atoms with van der Waals surface area (Å²) in [6, 6.07) is 9.74. The van der Waals surface area contributed by atoms with Gasteiger partial charge < -0.3 is 4.74 Å². The molecule has 0 unspecified atom stereocenters. The van der Waals surface area contributed by atoms with Gasteiger partial charge in [-0.25, -0.2) is 15.2 Å². The van der Waals surface area contributed by atoms with Crippen LogP contribution in [-0.2, 0) is 11.3 Å². The summed E-state index contributed by atoms with van der Waals surface area (Å²) in [5.74, 6) is 0. The average molecular weight is 274 g/mol. The highest BCUT2D eigenvalue weighted by Crippen LogP contribution is 2.05. The normalized spacial score (nSPS) is 18.3. The summed E-state index contributed by atoms with van der Waals surface area (Å²) in [5, 5.41) is 1.60. The largest absolute Gasteiger partial charge is 0.444 e. The Morgan fingerprint density at radius 1 is 1.15 bits per heavy atom. The Kier molecular flexibility index (Phi) is 6.11. The van der Waals surface area contributed by atoms with Gasteiger partial charge >= 0.3 is 6.09 Å². The van der Waals surface area contributed by atoms with E-state index >= 15 is 0 Å². The van der Waals surface area contributed by atoms with E-state index in [4.69, 9.17) is 4.74 Å². The van der Waals surface area contributed by atoms with Gasteiger partial charge in [0.1, 0.15) is 6.61 Å². The fourth-order valence-corrected chi connectivity index (χ4v) is 2.07. The Morgan fingerprint density at radius 3 is 2.70 bits per heavy atom. The van der Waals surface area contributed by atoms with Crippen molar-refractivity contribution in [1.29, 1.82) is 0 Å². The highest BCUT2D eigenvalue weighted by molar-refractivity contribution is 5.67. The minimum atomic E-state index is -0.293. The zero-order chi connectivity index (χ0) is 14.0. The minimum absolute atomic E-state index is 0.293. The van der Waals surface area contributed by atoms with E-state index in [0.717, 1.165) is 37.8 Å². The van der Waals surface area contributed by atoms with Gasteiger partial charge in [0, 0.05) is 13.1 Å². The van der Waals surface area contributed by atoms with Crippen LogP contribution in [0.1, 0.15) is 31.2 Å². The first-order chi connectivity index (χ1) is 9.86. The molecule has 108 valence electrons. The summed E-state index contributed by atoms with van der Waals surface area (Å²) < 4.78 is 5.34. The first kappa shape index (κ1) is 14.6. The average Bonchev–Trinajstić information content (AvgIpc) is 2.51.